The molecule has 0 aliphatic carbocycles. The molecular formula is C11H13N5O4. The van der Waals surface area contributed by atoms with Gasteiger partial charge in [-0.05, 0) is 13.0 Å². The monoisotopic (exact) mass is 279 g/mol. The molecule has 1 amide bonds. The van der Waals surface area contributed by atoms with E-state index in [2.05, 4.69) is 20.4 Å². The lowest BCUT2D eigenvalue weighted by atomic mass is 10.5. The second-order valence-corrected chi connectivity index (χ2v) is 3.94. The van der Waals surface area contributed by atoms with E-state index in [1.165, 1.54) is 4.52 Å². The van der Waals surface area contributed by atoms with E-state index in [1.807, 2.05) is 6.92 Å². The lowest BCUT2D eigenvalue weighted by molar-refractivity contribution is -0.142. The van der Waals surface area contributed by atoms with Crippen LogP contribution in [0.1, 0.15) is 16.3 Å². The minimum absolute atomic E-state index is 0.00466. The molecule has 9 heteroatoms. The van der Waals surface area contributed by atoms with Crippen LogP contribution in [0.15, 0.2) is 12.3 Å². The Kier molecular flexibility index (Phi) is 4.20. The van der Waals surface area contributed by atoms with E-state index in [-0.39, 0.29) is 19.0 Å². The molecule has 0 fully saturated rings. The van der Waals surface area contributed by atoms with Crippen LogP contribution in [0.4, 0.5) is 0 Å². The van der Waals surface area contributed by atoms with Crippen LogP contribution >= 0.6 is 0 Å². The normalized spacial score (nSPS) is 10.7. The Bertz CT molecular complexity index is 639. The average Bonchev–Trinajstić information content (AvgIpc) is 2.83. The van der Waals surface area contributed by atoms with E-state index in [0.717, 1.165) is 5.69 Å². The van der Waals surface area contributed by atoms with Gasteiger partial charge in [0.2, 0.25) is 5.82 Å². The van der Waals surface area contributed by atoms with Crippen molar-refractivity contribution in [2.24, 2.45) is 0 Å². The zero-order valence-electron chi connectivity index (χ0n) is 10.7. The number of carbonyl (C=O) groups is 2. The van der Waals surface area contributed by atoms with Gasteiger partial charge in [0.15, 0.2) is 0 Å². The molecule has 0 radical (unpaired) electrons. The first-order valence-electron chi connectivity index (χ1n) is 5.84. The Labute approximate surface area is 113 Å². The van der Waals surface area contributed by atoms with Crippen LogP contribution < -0.4 is 5.32 Å². The fraction of sp³-hybridized carbons (Fsp3) is 0.364. The molecule has 0 aromatic carbocycles. The molecule has 0 saturated carbocycles. The molecule has 20 heavy (non-hydrogen) atoms. The molecule has 0 saturated heterocycles. The summed E-state index contributed by atoms with van der Waals surface area (Å²) in [6.45, 7) is 1.70. The summed E-state index contributed by atoms with van der Waals surface area (Å²) in [6, 6.07) is 1.75. The van der Waals surface area contributed by atoms with Crippen LogP contribution in [0, 0.1) is 6.92 Å². The van der Waals surface area contributed by atoms with Crippen molar-refractivity contribution >= 4 is 17.7 Å². The van der Waals surface area contributed by atoms with Crippen molar-refractivity contribution in [1.29, 1.82) is 0 Å². The van der Waals surface area contributed by atoms with E-state index >= 15 is 0 Å². The summed E-state index contributed by atoms with van der Waals surface area (Å²) in [5, 5.41) is 14.9. The van der Waals surface area contributed by atoms with Crippen molar-refractivity contribution in [2.45, 2.75) is 6.92 Å². The molecule has 2 aromatic heterocycles. The summed E-state index contributed by atoms with van der Waals surface area (Å²) in [5.74, 6) is -1.17. The Balaban J connectivity index is 1.91. The zero-order chi connectivity index (χ0) is 14.5. The third-order valence-corrected chi connectivity index (χ3v) is 2.39. The second kappa shape index (κ2) is 6.06. The number of aliphatic carboxylic acids is 1. The summed E-state index contributed by atoms with van der Waals surface area (Å²) in [5.41, 5.74) is 0.811. The fourth-order valence-electron chi connectivity index (χ4n) is 1.48. The van der Waals surface area contributed by atoms with Crippen LogP contribution in [-0.2, 0) is 9.53 Å². The Morgan fingerprint density at radius 3 is 3.00 bits per heavy atom. The standard InChI is InChI=1S/C11H13N5O4/c1-7-2-3-13-11-14-9(15-16(7)11)10(19)12-4-5-20-6-8(17)18/h2-3H,4-6H2,1H3,(H,12,19)(H,17,18). The number of rotatable bonds is 6. The van der Waals surface area contributed by atoms with E-state index in [4.69, 9.17) is 9.84 Å². The molecule has 2 N–H and O–H groups in total. The summed E-state index contributed by atoms with van der Waals surface area (Å²) < 4.78 is 6.25. The minimum atomic E-state index is -1.06. The molecule has 0 aliphatic heterocycles. The van der Waals surface area contributed by atoms with Crippen LogP contribution in [-0.4, -0.2) is 56.3 Å². The fourth-order valence-corrected chi connectivity index (χ4v) is 1.48. The highest BCUT2D eigenvalue weighted by atomic mass is 16.5. The number of aromatic nitrogens is 4. The van der Waals surface area contributed by atoms with Gasteiger partial charge in [-0.2, -0.15) is 4.98 Å². The minimum Gasteiger partial charge on any atom is -0.480 e. The van der Waals surface area contributed by atoms with Crippen molar-refractivity contribution < 1.29 is 19.4 Å². The molecule has 0 spiro atoms. The first-order valence-corrected chi connectivity index (χ1v) is 5.84. The molecule has 2 rings (SSSR count). The van der Waals surface area contributed by atoms with E-state index in [1.54, 1.807) is 12.3 Å². The number of nitrogens with one attached hydrogen (secondary N) is 1. The maximum absolute atomic E-state index is 11.8. The van der Waals surface area contributed by atoms with E-state index < -0.39 is 18.5 Å². The van der Waals surface area contributed by atoms with Gasteiger partial charge in [-0.25, -0.2) is 14.3 Å². The maximum Gasteiger partial charge on any atom is 0.329 e. The highest BCUT2D eigenvalue weighted by Gasteiger charge is 2.13. The number of hydrogen-bond acceptors (Lipinski definition) is 6. The van der Waals surface area contributed by atoms with Crippen LogP contribution in [0.25, 0.3) is 5.78 Å². The van der Waals surface area contributed by atoms with Gasteiger partial charge in [0.25, 0.3) is 11.7 Å². The van der Waals surface area contributed by atoms with Crippen LogP contribution in [0.3, 0.4) is 0 Å². The number of carbonyl (C=O) groups excluding carboxylic acids is 1. The number of nitrogens with zero attached hydrogens (tertiary/aromatic N) is 4. The van der Waals surface area contributed by atoms with Gasteiger partial charge in [0.05, 0.1) is 6.61 Å². The molecule has 0 unspecified atom stereocenters. The number of ether oxygens (including phenoxy) is 1. The highest BCUT2D eigenvalue weighted by Crippen LogP contribution is 2.01. The van der Waals surface area contributed by atoms with E-state index in [9.17, 15) is 9.59 Å². The van der Waals surface area contributed by atoms with Crippen molar-refractivity contribution in [2.75, 3.05) is 19.8 Å². The maximum atomic E-state index is 11.8. The molecule has 106 valence electrons. The first-order chi connectivity index (χ1) is 9.58. The summed E-state index contributed by atoms with van der Waals surface area (Å²) in [7, 11) is 0. The predicted octanol–water partition coefficient (Wildman–Crippen LogP) is -0.736. The van der Waals surface area contributed by atoms with Gasteiger partial charge < -0.3 is 15.2 Å². The average molecular weight is 279 g/mol. The lowest BCUT2D eigenvalue weighted by Gasteiger charge is -2.02. The van der Waals surface area contributed by atoms with Gasteiger partial charge in [-0.3, -0.25) is 4.79 Å². The topological polar surface area (TPSA) is 119 Å². The molecule has 2 heterocycles. The van der Waals surface area contributed by atoms with Gasteiger partial charge in [-0.15, -0.1) is 5.10 Å². The van der Waals surface area contributed by atoms with Crippen LogP contribution in [0.5, 0.6) is 0 Å². The predicted molar refractivity (Wildman–Crippen MR) is 66.3 cm³/mol. The van der Waals surface area contributed by atoms with Gasteiger partial charge in [-0.1, -0.05) is 0 Å². The van der Waals surface area contributed by atoms with Gasteiger partial charge in [0, 0.05) is 18.4 Å². The molecule has 0 aliphatic rings. The van der Waals surface area contributed by atoms with Gasteiger partial charge in [0.1, 0.15) is 6.61 Å². The Morgan fingerprint density at radius 1 is 1.50 bits per heavy atom. The zero-order valence-corrected chi connectivity index (χ0v) is 10.7. The number of carboxylic acid groups (broad SMARTS) is 1. The number of aryl methyl sites for hydroxylation is 1. The number of carboxylic acids is 1. The van der Waals surface area contributed by atoms with Crippen molar-refractivity contribution in [3.8, 4) is 0 Å². The SMILES string of the molecule is Cc1ccnc2nc(C(=O)NCCOCC(=O)O)nn12. The molecule has 0 bridgehead atoms. The molecular weight excluding hydrogens is 266 g/mol. The highest BCUT2D eigenvalue weighted by molar-refractivity contribution is 5.90. The number of amides is 1. The summed E-state index contributed by atoms with van der Waals surface area (Å²) in [6.07, 6.45) is 1.58. The third kappa shape index (κ3) is 3.26. The van der Waals surface area contributed by atoms with Crippen molar-refractivity contribution in [1.82, 2.24) is 24.9 Å². The first kappa shape index (κ1) is 13.9. The molecule has 9 nitrogen and oxygen atoms in total. The molecule has 0 atom stereocenters. The van der Waals surface area contributed by atoms with Crippen molar-refractivity contribution in [3.05, 3.63) is 23.8 Å². The lowest BCUT2D eigenvalue weighted by Crippen LogP contribution is -2.28. The number of hydrogen-bond donors (Lipinski definition) is 2. The third-order valence-electron chi connectivity index (χ3n) is 2.39. The van der Waals surface area contributed by atoms with Crippen molar-refractivity contribution in [3.63, 3.8) is 0 Å². The number of fused-ring (bicyclic) bond motifs is 1. The Morgan fingerprint density at radius 2 is 2.30 bits per heavy atom. The molecule has 2 aromatic rings. The largest absolute Gasteiger partial charge is 0.480 e. The van der Waals surface area contributed by atoms with Crippen LogP contribution in [0.2, 0.25) is 0 Å². The summed E-state index contributed by atoms with van der Waals surface area (Å²) in [4.78, 5) is 30.0. The van der Waals surface area contributed by atoms with Gasteiger partial charge >= 0.3 is 5.97 Å². The smallest absolute Gasteiger partial charge is 0.329 e. The second-order valence-electron chi connectivity index (χ2n) is 3.94. The quantitative estimate of drug-likeness (QED) is 0.668. The summed E-state index contributed by atoms with van der Waals surface area (Å²) >= 11 is 0. The Hall–Kier alpha value is -2.55. The van der Waals surface area contributed by atoms with E-state index in [0.29, 0.717) is 5.78 Å².